The van der Waals surface area contributed by atoms with Crippen molar-refractivity contribution >= 4 is 46.4 Å². The molecule has 0 amide bonds. The van der Waals surface area contributed by atoms with Gasteiger partial charge in [0.05, 0.1) is 18.2 Å². The lowest BCUT2D eigenvalue weighted by Gasteiger charge is -2.25. The number of carbonyl (C=O) groups is 1. The number of nitrogens with one attached hydrogen (secondary N) is 1. The summed E-state index contributed by atoms with van der Waals surface area (Å²) in [4.78, 5) is 17.4. The molecule has 0 unspecified atom stereocenters. The number of rotatable bonds is 4. The lowest BCUT2D eigenvalue weighted by molar-refractivity contribution is 0.0607. The van der Waals surface area contributed by atoms with E-state index in [0.29, 0.717) is 22.4 Å². The van der Waals surface area contributed by atoms with Gasteiger partial charge in [-0.3, -0.25) is 0 Å². The summed E-state index contributed by atoms with van der Waals surface area (Å²) in [6, 6.07) is 2.27. The maximum absolute atomic E-state index is 11.9. The lowest BCUT2D eigenvalue weighted by Crippen LogP contribution is -2.22. The molecule has 0 aliphatic heterocycles. The van der Waals surface area contributed by atoms with Crippen molar-refractivity contribution in [2.45, 2.75) is 50.4 Å². The van der Waals surface area contributed by atoms with Crippen LogP contribution in [0.4, 0.5) is 11.4 Å². The zero-order valence-corrected chi connectivity index (χ0v) is 15.1. The van der Waals surface area contributed by atoms with Gasteiger partial charge in [-0.15, -0.1) is 11.3 Å². The van der Waals surface area contributed by atoms with E-state index in [9.17, 15) is 9.82 Å². The standard InChI is InChI=1S/C17H23BN3O3S/c1-24-17(22)15-14(19)13-12(8-9-20-16(13)25-15)21-11-6-2-4-10(18-23)5-3-7-11/h8-11,23H,2-7,19H2,1H3,(H,20,21). The van der Waals surface area contributed by atoms with Crippen LogP contribution in [0, 0.1) is 0 Å². The molecular weight excluding hydrogens is 337 g/mol. The Hall–Kier alpha value is -1.80. The average Bonchev–Trinajstić information content (AvgIpc) is 2.94. The third-order valence-corrected chi connectivity index (χ3v) is 5.92. The van der Waals surface area contributed by atoms with Crippen LogP contribution in [0.5, 0.6) is 0 Å². The van der Waals surface area contributed by atoms with Gasteiger partial charge in [0.1, 0.15) is 9.71 Å². The summed E-state index contributed by atoms with van der Waals surface area (Å²) in [5.41, 5.74) is 7.57. The van der Waals surface area contributed by atoms with Crippen LogP contribution in [-0.2, 0) is 4.74 Å². The maximum atomic E-state index is 11.9. The van der Waals surface area contributed by atoms with Crippen molar-refractivity contribution in [2.24, 2.45) is 0 Å². The predicted octanol–water partition coefficient (Wildman–Crippen LogP) is 3.20. The van der Waals surface area contributed by atoms with E-state index in [1.54, 1.807) is 6.20 Å². The summed E-state index contributed by atoms with van der Waals surface area (Å²) in [7, 11) is 2.70. The van der Waals surface area contributed by atoms with Crippen LogP contribution in [0.15, 0.2) is 12.3 Å². The number of anilines is 2. The highest BCUT2D eigenvalue weighted by molar-refractivity contribution is 7.21. The molecule has 1 fully saturated rings. The van der Waals surface area contributed by atoms with Crippen molar-refractivity contribution in [2.75, 3.05) is 18.2 Å². The van der Waals surface area contributed by atoms with E-state index in [0.717, 1.165) is 54.4 Å². The number of nitrogens with two attached hydrogens (primary N) is 1. The predicted molar refractivity (Wildman–Crippen MR) is 102 cm³/mol. The van der Waals surface area contributed by atoms with Gasteiger partial charge >= 0.3 is 5.97 Å². The number of nitrogens with zero attached hydrogens (tertiary/aromatic N) is 1. The molecule has 1 aliphatic carbocycles. The molecular formula is C17H23BN3O3S. The van der Waals surface area contributed by atoms with Gasteiger partial charge in [-0.2, -0.15) is 0 Å². The van der Waals surface area contributed by atoms with Crippen LogP contribution in [0.25, 0.3) is 10.2 Å². The normalized spacial score (nSPS) is 21.4. The number of thiophene rings is 1. The van der Waals surface area contributed by atoms with Gasteiger partial charge in [0.25, 0.3) is 7.48 Å². The highest BCUT2D eigenvalue weighted by Gasteiger charge is 2.22. The van der Waals surface area contributed by atoms with E-state index in [2.05, 4.69) is 10.3 Å². The fourth-order valence-corrected chi connectivity index (χ4v) is 4.47. The second kappa shape index (κ2) is 8.06. The minimum absolute atomic E-state index is 0.323. The summed E-state index contributed by atoms with van der Waals surface area (Å²) < 4.78 is 4.81. The Morgan fingerprint density at radius 2 is 2.12 bits per heavy atom. The lowest BCUT2D eigenvalue weighted by atomic mass is 9.72. The molecule has 0 spiro atoms. The summed E-state index contributed by atoms with van der Waals surface area (Å²) in [6.45, 7) is 0. The first-order chi connectivity index (χ1) is 12.1. The average molecular weight is 360 g/mol. The first kappa shape index (κ1) is 18.0. The highest BCUT2D eigenvalue weighted by atomic mass is 32.1. The van der Waals surface area contributed by atoms with Crippen LogP contribution in [0.3, 0.4) is 0 Å². The molecule has 133 valence electrons. The Labute approximate surface area is 152 Å². The van der Waals surface area contributed by atoms with Gasteiger partial charge in [0.2, 0.25) is 0 Å². The number of nitrogen functional groups attached to an aromatic ring is 1. The third kappa shape index (κ3) is 3.90. The van der Waals surface area contributed by atoms with Crippen LogP contribution >= 0.6 is 11.3 Å². The van der Waals surface area contributed by atoms with Gasteiger partial charge in [-0.05, 0) is 24.7 Å². The Morgan fingerprint density at radius 1 is 1.40 bits per heavy atom. The quantitative estimate of drug-likeness (QED) is 0.572. The van der Waals surface area contributed by atoms with Crippen molar-refractivity contribution < 1.29 is 14.6 Å². The molecule has 25 heavy (non-hydrogen) atoms. The molecule has 0 saturated heterocycles. The third-order valence-electron chi connectivity index (χ3n) is 4.83. The van der Waals surface area contributed by atoms with Crippen molar-refractivity contribution in [3.63, 3.8) is 0 Å². The molecule has 4 N–H and O–H groups in total. The van der Waals surface area contributed by atoms with Crippen LogP contribution in [-0.4, -0.2) is 36.6 Å². The smallest absolute Gasteiger partial charge is 0.350 e. The molecule has 0 atom stereocenters. The van der Waals surface area contributed by atoms with E-state index in [4.69, 9.17) is 10.5 Å². The summed E-state index contributed by atoms with van der Waals surface area (Å²) in [6.07, 6.45) is 8.01. The van der Waals surface area contributed by atoms with E-state index in [1.807, 2.05) is 6.07 Å². The fourth-order valence-electron chi connectivity index (χ4n) is 3.46. The zero-order chi connectivity index (χ0) is 17.8. The monoisotopic (exact) mass is 360 g/mol. The van der Waals surface area contributed by atoms with E-state index >= 15 is 0 Å². The molecule has 2 heterocycles. The minimum atomic E-state index is -0.427. The Kier molecular flexibility index (Phi) is 5.80. The van der Waals surface area contributed by atoms with Crippen LogP contribution in [0.1, 0.15) is 48.2 Å². The number of esters is 1. The highest BCUT2D eigenvalue weighted by Crippen LogP contribution is 2.38. The van der Waals surface area contributed by atoms with E-state index in [-0.39, 0.29) is 0 Å². The van der Waals surface area contributed by atoms with Crippen LogP contribution < -0.4 is 11.1 Å². The molecule has 2 aromatic heterocycles. The topological polar surface area (TPSA) is 97.5 Å². The van der Waals surface area contributed by atoms with Crippen molar-refractivity contribution in [3.05, 3.63) is 17.1 Å². The SMILES string of the molecule is COC(=O)c1sc2nccc(NC3CCCC([B]O)CCC3)c2c1N. The number of aromatic nitrogens is 1. The number of hydrogen-bond donors (Lipinski definition) is 3. The minimum Gasteiger partial charge on any atom is -0.465 e. The first-order valence-electron chi connectivity index (χ1n) is 8.63. The van der Waals surface area contributed by atoms with Gasteiger partial charge in [-0.1, -0.05) is 25.7 Å². The van der Waals surface area contributed by atoms with Gasteiger partial charge in [0, 0.05) is 17.9 Å². The van der Waals surface area contributed by atoms with Crippen molar-refractivity contribution in [1.82, 2.24) is 4.98 Å². The van der Waals surface area contributed by atoms with Gasteiger partial charge in [-0.25, -0.2) is 9.78 Å². The Balaban J connectivity index is 1.81. The molecule has 6 nitrogen and oxygen atoms in total. The van der Waals surface area contributed by atoms with Crippen LogP contribution in [0.2, 0.25) is 5.82 Å². The number of methoxy groups -OCH3 is 1. The van der Waals surface area contributed by atoms with Crippen molar-refractivity contribution in [3.8, 4) is 0 Å². The van der Waals surface area contributed by atoms with Gasteiger partial charge in [0.15, 0.2) is 0 Å². The summed E-state index contributed by atoms with van der Waals surface area (Å²) in [5.74, 6) is -0.104. The first-order valence-corrected chi connectivity index (χ1v) is 9.45. The largest absolute Gasteiger partial charge is 0.465 e. The zero-order valence-electron chi connectivity index (χ0n) is 14.3. The molecule has 0 aromatic carbocycles. The fraction of sp³-hybridized carbons (Fsp3) is 0.529. The molecule has 0 bridgehead atoms. The van der Waals surface area contributed by atoms with Crippen molar-refractivity contribution in [1.29, 1.82) is 0 Å². The number of pyridine rings is 1. The molecule has 8 heteroatoms. The maximum Gasteiger partial charge on any atom is 0.350 e. The summed E-state index contributed by atoms with van der Waals surface area (Å²) in [5, 5.41) is 13.6. The number of carbonyl (C=O) groups excluding carboxylic acids is 1. The number of ether oxygens (including phenoxy) is 1. The summed E-state index contributed by atoms with van der Waals surface area (Å²) >= 11 is 1.26. The Bertz CT molecular complexity index is 742. The molecule has 1 saturated carbocycles. The number of fused-ring (bicyclic) bond motifs is 1. The second-order valence-corrected chi connectivity index (χ2v) is 7.49. The Morgan fingerprint density at radius 3 is 2.76 bits per heavy atom. The van der Waals surface area contributed by atoms with E-state index in [1.165, 1.54) is 25.9 Å². The second-order valence-electron chi connectivity index (χ2n) is 6.49. The van der Waals surface area contributed by atoms with E-state index < -0.39 is 5.97 Å². The van der Waals surface area contributed by atoms with Gasteiger partial charge < -0.3 is 20.8 Å². The number of hydrogen-bond acceptors (Lipinski definition) is 7. The molecule has 1 aliphatic rings. The molecule has 2 aromatic rings. The molecule has 3 rings (SSSR count). The molecule has 1 radical (unpaired) electrons.